The van der Waals surface area contributed by atoms with E-state index in [-0.39, 0.29) is 39.0 Å². The predicted octanol–water partition coefficient (Wildman–Crippen LogP) is 13.1. The first-order chi connectivity index (χ1) is 43.2. The number of unbranched alkanes of at least 4 members (excludes halogenated alkanes) is 5. The van der Waals surface area contributed by atoms with Crippen LogP contribution in [0.25, 0.3) is 0 Å². The van der Waals surface area contributed by atoms with E-state index in [1.807, 2.05) is 164 Å². The van der Waals surface area contributed by atoms with Crippen molar-refractivity contribution in [3.05, 3.63) is 251 Å². The largest absolute Gasteiger partial charge is 0.469 e. The highest BCUT2D eigenvalue weighted by molar-refractivity contribution is 5.69. The maximum Gasteiger partial charge on any atom is 0.305 e. The van der Waals surface area contributed by atoms with Crippen molar-refractivity contribution in [1.29, 1.82) is 0 Å². The first-order valence-corrected chi connectivity index (χ1v) is 29.2. The number of ether oxygens (including phenoxy) is 12. The molecule has 0 saturated carbocycles. The summed E-state index contributed by atoms with van der Waals surface area (Å²) in [5.41, 5.74) is 4.98. The van der Waals surface area contributed by atoms with Gasteiger partial charge in [0.05, 0.1) is 72.0 Å². The second kappa shape index (κ2) is 35.1. The van der Waals surface area contributed by atoms with Crippen molar-refractivity contribution in [2.24, 2.45) is 0 Å². The molecule has 2 aliphatic heterocycles. The second-order valence-electron chi connectivity index (χ2n) is 20.8. The van der Waals surface area contributed by atoms with Gasteiger partial charge in [-0.15, -0.1) is 0 Å². The van der Waals surface area contributed by atoms with Crippen molar-refractivity contribution in [3.63, 3.8) is 0 Å². The van der Waals surface area contributed by atoms with Crippen LogP contribution in [0.3, 0.4) is 0 Å². The first kappa shape index (κ1) is 56.7. The topological polar surface area (TPSA) is 128 Å². The lowest BCUT2D eigenvalue weighted by atomic mass is 9.96. The molecule has 7 aromatic carbocycles. The Morgan fingerprint density at radius 3 is 1.17 bits per heavy atom. The van der Waals surface area contributed by atoms with Gasteiger partial charge in [0.25, 0.3) is 0 Å². The van der Waals surface area contributed by atoms with Crippen LogP contribution >= 0.6 is 0 Å². The summed E-state index contributed by atoms with van der Waals surface area (Å²) in [5.74, 6) is -0.201. The van der Waals surface area contributed by atoms with Crippen LogP contribution in [0.15, 0.2) is 212 Å². The van der Waals surface area contributed by atoms with Gasteiger partial charge in [0.2, 0.25) is 0 Å². The monoisotopic (exact) mass is 1150 g/mol. The zero-order chi connectivity index (χ0) is 61.1. The molecule has 0 N–H and O–H groups in total. The summed E-state index contributed by atoms with van der Waals surface area (Å²) in [6.45, 7) is -4.67. The normalized spacial score (nSPS) is 24.5. The molecule has 2 saturated heterocycles. The molecule has 0 aliphatic carbocycles. The van der Waals surface area contributed by atoms with E-state index in [2.05, 4.69) is 0 Å². The van der Waals surface area contributed by atoms with Gasteiger partial charge >= 0.3 is 5.97 Å². The summed E-state index contributed by atoms with van der Waals surface area (Å²) >= 11 is 0. The molecule has 0 radical (unpaired) electrons. The SMILES string of the molecule is [2H]C(OC[C@H]1OC(OC[C@H]2O[C@@H](OCCCCCCCCC(=O)OC)[C@@H](OCc3ccccc3)[C@@H](OCc3ccccc3)[C@@H]2OCc2ccccc2)[C@@H](OC([2H])c2ccccc2)[C@@H](OC([2H])c2ccccc2)[C@@H]1OC([2H])c1ccccc1)c1ccccc1. The molecule has 2 heterocycles. The summed E-state index contributed by atoms with van der Waals surface area (Å²) in [6.07, 6.45) is -5.23. The predicted molar refractivity (Wildman–Crippen MR) is 320 cm³/mol. The third kappa shape index (κ3) is 20.1. The number of benzene rings is 7. The lowest BCUT2D eigenvalue weighted by Crippen LogP contribution is -2.64. The van der Waals surface area contributed by atoms with Gasteiger partial charge < -0.3 is 56.8 Å². The minimum Gasteiger partial charge on any atom is -0.469 e. The maximum atomic E-state index is 11.7. The molecule has 444 valence electrons. The number of carbonyl (C=O) groups is 1. The minimum atomic E-state index is -1.40. The van der Waals surface area contributed by atoms with E-state index >= 15 is 0 Å². The highest BCUT2D eigenvalue weighted by Gasteiger charge is 2.52. The average Bonchev–Trinajstić information content (AvgIpc) is 2.73. The van der Waals surface area contributed by atoms with E-state index in [1.54, 1.807) is 48.5 Å². The van der Waals surface area contributed by atoms with Crippen LogP contribution in [0.1, 0.15) is 89.4 Å². The molecule has 9 rings (SSSR count). The van der Waals surface area contributed by atoms with E-state index in [0.29, 0.717) is 35.3 Å². The van der Waals surface area contributed by atoms with Crippen LogP contribution in [0.5, 0.6) is 0 Å². The number of hydrogen-bond donors (Lipinski definition) is 0. The zero-order valence-corrected chi connectivity index (χ0v) is 47.8. The van der Waals surface area contributed by atoms with Crippen molar-refractivity contribution in [1.82, 2.24) is 0 Å². The van der Waals surface area contributed by atoms with Gasteiger partial charge in [0.1, 0.15) is 48.8 Å². The van der Waals surface area contributed by atoms with Crippen molar-refractivity contribution in [2.75, 3.05) is 26.9 Å². The van der Waals surface area contributed by atoms with Gasteiger partial charge in [-0.3, -0.25) is 4.79 Å². The lowest BCUT2D eigenvalue weighted by Gasteiger charge is -2.48. The molecule has 7 aromatic rings. The van der Waals surface area contributed by atoms with E-state index in [9.17, 15) is 8.91 Å². The van der Waals surface area contributed by atoms with Gasteiger partial charge in [-0.05, 0) is 51.8 Å². The van der Waals surface area contributed by atoms with Gasteiger partial charge in [0, 0.05) is 13.0 Å². The fourth-order valence-corrected chi connectivity index (χ4v) is 10.0. The van der Waals surface area contributed by atoms with E-state index in [4.69, 9.17) is 58.2 Å². The molecule has 0 spiro atoms. The molecule has 14 atom stereocenters. The van der Waals surface area contributed by atoms with Crippen LogP contribution in [-0.4, -0.2) is 94.3 Å². The Kier molecular flexibility index (Phi) is 23.7. The fourth-order valence-electron chi connectivity index (χ4n) is 10.0. The summed E-state index contributed by atoms with van der Waals surface area (Å²) in [7, 11) is 1.41. The highest BCUT2D eigenvalue weighted by atomic mass is 16.8. The highest BCUT2D eigenvalue weighted by Crippen LogP contribution is 2.35. The summed E-state index contributed by atoms with van der Waals surface area (Å²) in [6, 6.07) is 65.9. The Balaban J connectivity index is 1.08. The van der Waals surface area contributed by atoms with Crippen LogP contribution in [0, 0.1) is 0 Å². The lowest BCUT2D eigenvalue weighted by molar-refractivity contribution is -0.353. The van der Waals surface area contributed by atoms with E-state index in [0.717, 1.165) is 55.2 Å². The summed E-state index contributed by atoms with van der Waals surface area (Å²) < 4.78 is 119. The third-order valence-corrected chi connectivity index (χ3v) is 14.5. The molecule has 2 fully saturated rings. The third-order valence-electron chi connectivity index (χ3n) is 14.5. The number of methoxy groups -OCH3 is 1. The van der Waals surface area contributed by atoms with Gasteiger partial charge in [-0.1, -0.05) is 238 Å². The molecule has 0 aromatic heterocycles. The van der Waals surface area contributed by atoms with Crippen LogP contribution in [0.4, 0.5) is 0 Å². The van der Waals surface area contributed by atoms with Crippen molar-refractivity contribution < 1.29 is 67.1 Å². The van der Waals surface area contributed by atoms with Gasteiger partial charge in [0.15, 0.2) is 12.6 Å². The van der Waals surface area contributed by atoms with Crippen molar-refractivity contribution in [2.45, 2.75) is 153 Å². The molecule has 5 unspecified atom stereocenters. The van der Waals surface area contributed by atoms with Gasteiger partial charge in [-0.2, -0.15) is 0 Å². The second-order valence-corrected chi connectivity index (χ2v) is 20.8. The van der Waals surface area contributed by atoms with Crippen LogP contribution in [-0.2, 0) is 108 Å². The van der Waals surface area contributed by atoms with E-state index in [1.165, 1.54) is 7.11 Å². The molecule has 0 bridgehead atoms. The summed E-state index contributed by atoms with van der Waals surface area (Å²) in [4.78, 5) is 11.7. The Labute approximate surface area is 501 Å². The molecule has 13 nitrogen and oxygen atoms in total. The van der Waals surface area contributed by atoms with Crippen LogP contribution < -0.4 is 0 Å². The van der Waals surface area contributed by atoms with Crippen molar-refractivity contribution >= 4 is 5.97 Å². The molecule has 13 heteroatoms. The molecule has 0 amide bonds. The number of rotatable bonds is 35. The fraction of sp³-hybridized carbons (Fsp3) is 0.394. The number of carbonyl (C=O) groups excluding carboxylic acids is 1. The van der Waals surface area contributed by atoms with Crippen LogP contribution in [0.2, 0.25) is 0 Å². The summed E-state index contributed by atoms with van der Waals surface area (Å²) in [5, 5.41) is 0. The Morgan fingerprint density at radius 1 is 0.357 bits per heavy atom. The van der Waals surface area contributed by atoms with E-state index < -0.39 is 87.7 Å². The zero-order valence-electron chi connectivity index (χ0n) is 51.8. The number of esters is 1. The smallest absolute Gasteiger partial charge is 0.305 e. The first-order valence-electron chi connectivity index (χ1n) is 31.6. The molecule has 84 heavy (non-hydrogen) atoms. The van der Waals surface area contributed by atoms with Crippen molar-refractivity contribution in [3.8, 4) is 0 Å². The minimum absolute atomic E-state index is 0.167. The standard InChI is InChI=1S/C71H82O13/c1-73-63(72)43-27-4-2-3-5-28-44-75-70-68(80-50-59-39-23-11-24-40-59)67(79-49-58-37-21-10-22-38-58)65(77-47-56-33-17-8-18-34-56)62(84-70)53-82-71-69(81-51-60-41-25-12-26-42-60)66(78-48-57-35-19-9-20-36-57)64(76-46-55-31-15-7-16-32-55)61(83-71)52-74-45-54-29-13-6-14-30-54/h6-26,29-42,61-62,64-71H,2-5,27-28,43-53H2,1H3/t61-,62-,64-,65-,66+,67+,68+,69+,70-,71?/m1/s1/i45D,46D,48D,51D/t45?,46?,48?,51?,61-,62-,64-,65-,66+,67+,68+,69+,70-,71?. The Bertz CT molecular complexity index is 3010. The molecular weight excluding hydrogens is 1060 g/mol. The van der Waals surface area contributed by atoms with Gasteiger partial charge in [-0.25, -0.2) is 0 Å². The Hall–Kier alpha value is -6.43. The number of hydrogen-bond acceptors (Lipinski definition) is 13. The average molecular weight is 1150 g/mol. The Morgan fingerprint density at radius 2 is 0.690 bits per heavy atom. The molecule has 2 aliphatic rings. The molecular formula is C71H82O13. The quantitative estimate of drug-likeness (QED) is 0.0276. The maximum absolute atomic E-state index is 11.7.